The van der Waals surface area contributed by atoms with Crippen molar-refractivity contribution >= 4 is 11.6 Å². The Morgan fingerprint density at radius 3 is 2.54 bits per heavy atom. The SMILES string of the molecule is O=C1Cc2cc(F)cc(F)c2C1=O. The van der Waals surface area contributed by atoms with Crippen LogP contribution in [0.5, 0.6) is 0 Å². The third-order valence-corrected chi connectivity index (χ3v) is 1.97. The Kier molecular flexibility index (Phi) is 1.52. The zero-order valence-electron chi connectivity index (χ0n) is 6.43. The molecule has 1 aliphatic carbocycles. The smallest absolute Gasteiger partial charge is 0.232 e. The molecule has 0 amide bonds. The zero-order chi connectivity index (χ0) is 9.59. The van der Waals surface area contributed by atoms with Crippen LogP contribution in [0.2, 0.25) is 0 Å². The van der Waals surface area contributed by atoms with Crippen molar-refractivity contribution in [2.24, 2.45) is 0 Å². The molecular weight excluding hydrogens is 178 g/mol. The van der Waals surface area contributed by atoms with Gasteiger partial charge in [-0.05, 0) is 11.6 Å². The van der Waals surface area contributed by atoms with Gasteiger partial charge in [0.2, 0.25) is 11.6 Å². The Bertz CT molecular complexity index is 424. The average molecular weight is 182 g/mol. The summed E-state index contributed by atoms with van der Waals surface area (Å²) in [6.45, 7) is 0. The minimum Gasteiger partial charge on any atom is -0.290 e. The summed E-state index contributed by atoms with van der Waals surface area (Å²) in [5.41, 5.74) is -0.126. The fourth-order valence-electron chi connectivity index (χ4n) is 1.41. The molecule has 0 N–H and O–H groups in total. The van der Waals surface area contributed by atoms with Gasteiger partial charge in [0.05, 0.1) is 5.56 Å². The minimum atomic E-state index is -0.953. The van der Waals surface area contributed by atoms with Crippen molar-refractivity contribution in [2.45, 2.75) is 6.42 Å². The van der Waals surface area contributed by atoms with Gasteiger partial charge in [0, 0.05) is 12.5 Å². The van der Waals surface area contributed by atoms with Gasteiger partial charge in [0.1, 0.15) is 11.6 Å². The van der Waals surface area contributed by atoms with Gasteiger partial charge in [-0.3, -0.25) is 9.59 Å². The van der Waals surface area contributed by atoms with Gasteiger partial charge in [-0.1, -0.05) is 0 Å². The number of rotatable bonds is 0. The Labute approximate surface area is 72.2 Å². The molecule has 0 fully saturated rings. The van der Waals surface area contributed by atoms with Crippen LogP contribution in [-0.4, -0.2) is 11.6 Å². The molecule has 0 atom stereocenters. The van der Waals surface area contributed by atoms with Crippen molar-refractivity contribution in [1.29, 1.82) is 0 Å². The van der Waals surface area contributed by atoms with Crippen LogP contribution in [0.4, 0.5) is 8.78 Å². The van der Waals surface area contributed by atoms with E-state index in [0.717, 1.165) is 6.07 Å². The standard InChI is InChI=1S/C9H4F2O2/c10-5-1-4-2-7(12)9(13)8(4)6(11)3-5/h1,3H,2H2. The number of ketones is 2. The summed E-state index contributed by atoms with van der Waals surface area (Å²) >= 11 is 0. The predicted octanol–water partition coefficient (Wildman–Crippen LogP) is 1.27. The van der Waals surface area contributed by atoms with E-state index >= 15 is 0 Å². The number of carbonyl (C=O) groups excluding carboxylic acids is 2. The first-order chi connectivity index (χ1) is 6.09. The number of Topliss-reactive ketones (excluding diaryl/α,β-unsaturated/α-hetero) is 2. The molecule has 2 nitrogen and oxygen atoms in total. The molecule has 0 bridgehead atoms. The van der Waals surface area contributed by atoms with Crippen molar-refractivity contribution < 1.29 is 18.4 Å². The number of carbonyl (C=O) groups is 2. The molecule has 1 aromatic carbocycles. The summed E-state index contributed by atoms with van der Waals surface area (Å²) < 4.78 is 25.6. The highest BCUT2D eigenvalue weighted by molar-refractivity contribution is 6.47. The highest BCUT2D eigenvalue weighted by atomic mass is 19.1. The molecular formula is C9H4F2O2. The number of halogens is 2. The highest BCUT2D eigenvalue weighted by Crippen LogP contribution is 2.23. The van der Waals surface area contributed by atoms with Crippen LogP contribution in [-0.2, 0) is 11.2 Å². The second-order valence-corrected chi connectivity index (χ2v) is 2.85. The van der Waals surface area contributed by atoms with Crippen molar-refractivity contribution in [3.8, 4) is 0 Å². The summed E-state index contributed by atoms with van der Waals surface area (Å²) in [5.74, 6) is -3.25. The first-order valence-electron chi connectivity index (χ1n) is 3.65. The molecule has 0 aromatic heterocycles. The third kappa shape index (κ3) is 1.06. The largest absolute Gasteiger partial charge is 0.290 e. The maximum atomic E-state index is 13.0. The van der Waals surface area contributed by atoms with Crippen LogP contribution >= 0.6 is 0 Å². The van der Waals surface area contributed by atoms with E-state index in [0.29, 0.717) is 6.07 Å². The number of hydrogen-bond donors (Lipinski definition) is 0. The number of hydrogen-bond acceptors (Lipinski definition) is 2. The van der Waals surface area contributed by atoms with Gasteiger partial charge in [-0.25, -0.2) is 8.78 Å². The van der Waals surface area contributed by atoms with E-state index in [-0.39, 0.29) is 17.5 Å². The number of fused-ring (bicyclic) bond motifs is 1. The Morgan fingerprint density at radius 1 is 1.15 bits per heavy atom. The van der Waals surface area contributed by atoms with Crippen LogP contribution in [0.15, 0.2) is 12.1 Å². The number of benzene rings is 1. The molecule has 0 aliphatic heterocycles. The van der Waals surface area contributed by atoms with Crippen LogP contribution in [0.1, 0.15) is 15.9 Å². The Hall–Kier alpha value is -1.58. The molecule has 4 heteroatoms. The van der Waals surface area contributed by atoms with E-state index in [1.807, 2.05) is 0 Å². The molecule has 1 aromatic rings. The van der Waals surface area contributed by atoms with Gasteiger partial charge >= 0.3 is 0 Å². The second kappa shape index (κ2) is 2.45. The van der Waals surface area contributed by atoms with E-state index in [1.54, 1.807) is 0 Å². The molecule has 0 spiro atoms. The summed E-state index contributed by atoms with van der Waals surface area (Å²) in [6, 6.07) is 1.62. The minimum absolute atomic E-state index is 0.146. The molecule has 66 valence electrons. The fraction of sp³-hybridized carbons (Fsp3) is 0.111. The lowest BCUT2D eigenvalue weighted by molar-refractivity contribution is -0.114. The van der Waals surface area contributed by atoms with Gasteiger partial charge in [-0.15, -0.1) is 0 Å². The molecule has 0 heterocycles. The Morgan fingerprint density at radius 2 is 1.85 bits per heavy atom. The van der Waals surface area contributed by atoms with Crippen molar-refractivity contribution in [3.63, 3.8) is 0 Å². The summed E-state index contributed by atoms with van der Waals surface area (Å²) in [6.07, 6.45) is -0.192. The maximum Gasteiger partial charge on any atom is 0.232 e. The third-order valence-electron chi connectivity index (χ3n) is 1.97. The second-order valence-electron chi connectivity index (χ2n) is 2.85. The van der Waals surface area contributed by atoms with E-state index < -0.39 is 23.2 Å². The van der Waals surface area contributed by atoms with Crippen molar-refractivity contribution in [2.75, 3.05) is 0 Å². The van der Waals surface area contributed by atoms with E-state index in [1.165, 1.54) is 0 Å². The lowest BCUT2D eigenvalue weighted by Gasteiger charge is -1.97. The van der Waals surface area contributed by atoms with Gasteiger partial charge in [0.25, 0.3) is 0 Å². The molecule has 0 unspecified atom stereocenters. The topological polar surface area (TPSA) is 34.1 Å². The highest BCUT2D eigenvalue weighted by Gasteiger charge is 2.31. The summed E-state index contributed by atoms with van der Waals surface area (Å²) in [7, 11) is 0. The van der Waals surface area contributed by atoms with Crippen molar-refractivity contribution in [3.05, 3.63) is 34.9 Å². The van der Waals surface area contributed by atoms with E-state index in [2.05, 4.69) is 0 Å². The van der Waals surface area contributed by atoms with Crippen LogP contribution in [0.3, 0.4) is 0 Å². The molecule has 0 saturated heterocycles. The van der Waals surface area contributed by atoms with Crippen molar-refractivity contribution in [1.82, 2.24) is 0 Å². The molecule has 0 saturated carbocycles. The summed E-state index contributed by atoms with van der Waals surface area (Å²) in [5, 5.41) is 0. The van der Waals surface area contributed by atoms with Gasteiger partial charge < -0.3 is 0 Å². The van der Waals surface area contributed by atoms with Gasteiger partial charge in [0.15, 0.2) is 0 Å². The van der Waals surface area contributed by atoms with Gasteiger partial charge in [-0.2, -0.15) is 0 Å². The normalized spacial score (nSPS) is 14.9. The van der Waals surface area contributed by atoms with E-state index in [9.17, 15) is 18.4 Å². The Balaban J connectivity index is 2.71. The average Bonchev–Trinajstić information content (AvgIpc) is 2.27. The van der Waals surface area contributed by atoms with Crippen LogP contribution in [0.25, 0.3) is 0 Å². The molecule has 13 heavy (non-hydrogen) atoms. The molecule has 2 rings (SSSR count). The quantitative estimate of drug-likeness (QED) is 0.566. The van der Waals surface area contributed by atoms with E-state index in [4.69, 9.17) is 0 Å². The lowest BCUT2D eigenvalue weighted by atomic mass is 10.1. The lowest BCUT2D eigenvalue weighted by Crippen LogP contribution is -2.07. The zero-order valence-corrected chi connectivity index (χ0v) is 6.43. The maximum absolute atomic E-state index is 13.0. The molecule has 1 aliphatic rings. The predicted molar refractivity (Wildman–Crippen MR) is 39.4 cm³/mol. The van der Waals surface area contributed by atoms with Crippen LogP contribution < -0.4 is 0 Å². The fourth-order valence-corrected chi connectivity index (χ4v) is 1.41. The molecule has 0 radical (unpaired) electrons. The first-order valence-corrected chi connectivity index (χ1v) is 3.65. The first kappa shape index (κ1) is 8.04. The monoisotopic (exact) mass is 182 g/mol. The van der Waals surface area contributed by atoms with Crippen LogP contribution in [0, 0.1) is 11.6 Å². The summed E-state index contributed by atoms with van der Waals surface area (Å²) in [4.78, 5) is 21.9.